The van der Waals surface area contributed by atoms with E-state index in [1.807, 2.05) is 66.7 Å². The molecule has 0 spiro atoms. The number of hydrogen-bond donors (Lipinski definition) is 0. The Morgan fingerprint density at radius 2 is 1.38 bits per heavy atom. The van der Waals surface area contributed by atoms with Crippen molar-refractivity contribution in [1.82, 2.24) is 9.97 Å². The van der Waals surface area contributed by atoms with Crippen LogP contribution in [-0.2, 0) is 10.2 Å². The molecule has 4 nitrogen and oxygen atoms in total. The monoisotopic (exact) mass is 377 g/mol. The molecule has 1 aliphatic carbocycles. The summed E-state index contributed by atoms with van der Waals surface area (Å²) in [4.78, 5) is 21.5. The van der Waals surface area contributed by atoms with Crippen molar-refractivity contribution >= 4 is 17.9 Å². The molecule has 2 aromatic heterocycles. The van der Waals surface area contributed by atoms with Crippen molar-refractivity contribution in [2.75, 3.05) is 0 Å². The Bertz CT molecular complexity index is 1050. The van der Waals surface area contributed by atoms with Gasteiger partial charge in [-0.1, -0.05) is 42.5 Å². The molecule has 0 amide bonds. The maximum atomic E-state index is 13.3. The third-order valence-electron chi connectivity index (χ3n) is 5.16. The highest BCUT2D eigenvalue weighted by Crippen LogP contribution is 2.43. The molecule has 0 saturated heterocycles. The minimum Gasteiger partial charge on any atom is -0.289 e. The second kappa shape index (κ2) is 8.04. The van der Waals surface area contributed by atoms with Crippen LogP contribution in [0.2, 0.25) is 0 Å². The smallest absolute Gasteiger partial charge is 0.185 e. The van der Waals surface area contributed by atoms with Crippen LogP contribution in [0, 0.1) is 11.3 Å². The van der Waals surface area contributed by atoms with Gasteiger partial charge in [0, 0.05) is 35.9 Å². The molecular weight excluding hydrogens is 358 g/mol. The van der Waals surface area contributed by atoms with Gasteiger partial charge in [-0.15, -0.1) is 0 Å². The summed E-state index contributed by atoms with van der Waals surface area (Å²) >= 11 is 0. The minimum absolute atomic E-state index is 0.0282. The van der Waals surface area contributed by atoms with Gasteiger partial charge in [-0.05, 0) is 53.8 Å². The molecular formula is C25H19N3O. The molecule has 0 aliphatic heterocycles. The number of allylic oxidation sites excluding steroid dienone is 2. The van der Waals surface area contributed by atoms with Gasteiger partial charge in [-0.2, -0.15) is 5.26 Å². The normalized spacial score (nSPS) is 21.8. The van der Waals surface area contributed by atoms with Crippen molar-refractivity contribution < 1.29 is 4.79 Å². The first kappa shape index (κ1) is 18.5. The molecule has 1 saturated carbocycles. The summed E-state index contributed by atoms with van der Waals surface area (Å²) in [5, 5.41) is 10.2. The van der Waals surface area contributed by atoms with E-state index in [0.717, 1.165) is 16.7 Å². The molecule has 1 fully saturated rings. The molecule has 0 radical (unpaired) electrons. The number of rotatable bonds is 3. The predicted molar refractivity (Wildman–Crippen MR) is 112 cm³/mol. The lowest BCUT2D eigenvalue weighted by Gasteiger charge is -2.33. The number of Topliss-reactive ketones (excluding diaryl/α,β-unsaturated/α-hetero) is 1. The van der Waals surface area contributed by atoms with Gasteiger partial charge in [0.1, 0.15) is 0 Å². The van der Waals surface area contributed by atoms with E-state index in [9.17, 15) is 10.1 Å². The molecule has 0 unspecified atom stereocenters. The van der Waals surface area contributed by atoms with E-state index in [2.05, 4.69) is 16.0 Å². The Kier molecular flexibility index (Phi) is 5.13. The zero-order valence-electron chi connectivity index (χ0n) is 15.8. The van der Waals surface area contributed by atoms with Crippen LogP contribution in [0.3, 0.4) is 0 Å². The lowest BCUT2D eigenvalue weighted by Crippen LogP contribution is -2.33. The van der Waals surface area contributed by atoms with Crippen LogP contribution in [0.5, 0.6) is 0 Å². The maximum absolute atomic E-state index is 13.3. The second-order valence-corrected chi connectivity index (χ2v) is 7.15. The summed E-state index contributed by atoms with van der Waals surface area (Å²) in [6, 6.07) is 19.7. The number of carbonyl (C=O) groups excluding carboxylic acids is 1. The number of hydrogen-bond acceptors (Lipinski definition) is 4. The standard InChI is InChI=1S/C25H19N3O/c26-18-25(23-8-2-1-3-9-23)14-21(12-19-6-4-10-27-16-19)24(29)22(15-25)13-20-7-5-11-28-17-20/h1-13,16-17H,14-15H2. The van der Waals surface area contributed by atoms with Gasteiger partial charge in [0.2, 0.25) is 0 Å². The van der Waals surface area contributed by atoms with E-state index < -0.39 is 5.41 Å². The zero-order chi connectivity index (χ0) is 20.1. The van der Waals surface area contributed by atoms with E-state index in [-0.39, 0.29) is 5.78 Å². The third-order valence-corrected chi connectivity index (χ3v) is 5.16. The number of carbonyl (C=O) groups is 1. The molecule has 4 heteroatoms. The Labute approximate surface area is 169 Å². The Morgan fingerprint density at radius 1 is 0.828 bits per heavy atom. The first-order valence-electron chi connectivity index (χ1n) is 9.43. The molecule has 2 heterocycles. The number of aromatic nitrogens is 2. The highest BCUT2D eigenvalue weighted by molar-refractivity contribution is 6.14. The fourth-order valence-corrected chi connectivity index (χ4v) is 3.74. The number of nitriles is 1. The third kappa shape index (κ3) is 3.90. The topological polar surface area (TPSA) is 66.6 Å². The molecule has 3 aromatic rings. The van der Waals surface area contributed by atoms with E-state index in [1.165, 1.54) is 0 Å². The lowest BCUT2D eigenvalue weighted by molar-refractivity contribution is -0.113. The quantitative estimate of drug-likeness (QED) is 0.617. The summed E-state index contributed by atoms with van der Waals surface area (Å²) in [6.45, 7) is 0. The predicted octanol–water partition coefficient (Wildman–Crippen LogP) is 4.77. The van der Waals surface area contributed by atoms with Crippen molar-refractivity contribution in [2.24, 2.45) is 0 Å². The van der Waals surface area contributed by atoms with Gasteiger partial charge in [-0.25, -0.2) is 0 Å². The second-order valence-electron chi connectivity index (χ2n) is 7.15. The molecule has 4 rings (SSSR count). The Hall–Kier alpha value is -3.84. The number of nitrogens with zero attached hydrogens (tertiary/aromatic N) is 3. The zero-order valence-corrected chi connectivity index (χ0v) is 15.8. The van der Waals surface area contributed by atoms with Crippen molar-refractivity contribution in [3.63, 3.8) is 0 Å². The van der Waals surface area contributed by atoms with Crippen LogP contribution in [0.1, 0.15) is 29.5 Å². The van der Waals surface area contributed by atoms with Crippen LogP contribution in [0.25, 0.3) is 12.2 Å². The molecule has 0 bridgehead atoms. The van der Waals surface area contributed by atoms with Crippen LogP contribution in [0.4, 0.5) is 0 Å². The summed E-state index contributed by atoms with van der Waals surface area (Å²) in [5.74, 6) is -0.0282. The fraction of sp³-hybridized carbons (Fsp3) is 0.120. The van der Waals surface area contributed by atoms with Crippen molar-refractivity contribution in [3.05, 3.63) is 107 Å². The molecule has 29 heavy (non-hydrogen) atoms. The Balaban J connectivity index is 1.84. The van der Waals surface area contributed by atoms with Crippen LogP contribution < -0.4 is 0 Å². The van der Waals surface area contributed by atoms with E-state index >= 15 is 0 Å². The lowest BCUT2D eigenvalue weighted by atomic mass is 9.66. The average Bonchev–Trinajstić information content (AvgIpc) is 2.78. The molecule has 1 aliphatic rings. The van der Waals surface area contributed by atoms with Crippen molar-refractivity contribution in [1.29, 1.82) is 5.26 Å². The fourth-order valence-electron chi connectivity index (χ4n) is 3.74. The number of ketones is 1. The van der Waals surface area contributed by atoms with Crippen molar-refractivity contribution in [2.45, 2.75) is 18.3 Å². The van der Waals surface area contributed by atoms with Gasteiger partial charge in [0.15, 0.2) is 5.78 Å². The summed E-state index contributed by atoms with van der Waals surface area (Å²) in [7, 11) is 0. The van der Waals surface area contributed by atoms with Gasteiger partial charge in [0.25, 0.3) is 0 Å². The first-order chi connectivity index (χ1) is 14.2. The van der Waals surface area contributed by atoms with Gasteiger partial charge < -0.3 is 0 Å². The SMILES string of the molecule is N#CC1(c2ccccc2)CC(=Cc2cccnc2)C(=O)C(=Cc2cccnc2)C1. The highest BCUT2D eigenvalue weighted by atomic mass is 16.1. The van der Waals surface area contributed by atoms with E-state index in [4.69, 9.17) is 0 Å². The Morgan fingerprint density at radius 3 is 1.83 bits per heavy atom. The van der Waals surface area contributed by atoms with Gasteiger partial charge >= 0.3 is 0 Å². The minimum atomic E-state index is -0.794. The van der Waals surface area contributed by atoms with E-state index in [0.29, 0.717) is 24.0 Å². The van der Waals surface area contributed by atoms with E-state index in [1.54, 1.807) is 24.8 Å². The molecule has 140 valence electrons. The largest absolute Gasteiger partial charge is 0.289 e. The first-order valence-corrected chi connectivity index (χ1v) is 9.43. The average molecular weight is 377 g/mol. The highest BCUT2D eigenvalue weighted by Gasteiger charge is 2.41. The van der Waals surface area contributed by atoms with Crippen molar-refractivity contribution in [3.8, 4) is 6.07 Å². The number of benzene rings is 1. The molecule has 0 N–H and O–H groups in total. The maximum Gasteiger partial charge on any atom is 0.185 e. The molecule has 0 atom stereocenters. The van der Waals surface area contributed by atoms with Crippen LogP contribution in [0.15, 0.2) is 90.5 Å². The van der Waals surface area contributed by atoms with Gasteiger partial charge in [-0.3, -0.25) is 14.8 Å². The van der Waals surface area contributed by atoms with Crippen LogP contribution >= 0.6 is 0 Å². The molecule has 1 aromatic carbocycles. The summed E-state index contributed by atoms with van der Waals surface area (Å²) < 4.78 is 0. The summed E-state index contributed by atoms with van der Waals surface area (Å²) in [5.41, 5.74) is 3.05. The van der Waals surface area contributed by atoms with Gasteiger partial charge in [0.05, 0.1) is 11.5 Å². The number of pyridine rings is 2. The van der Waals surface area contributed by atoms with Crippen LogP contribution in [-0.4, -0.2) is 15.8 Å². The summed E-state index contributed by atoms with van der Waals surface area (Å²) in [6.07, 6.45) is 11.3.